The van der Waals surface area contributed by atoms with Gasteiger partial charge in [0.1, 0.15) is 16.6 Å². The minimum Gasteiger partial charge on any atom is -0.377 e. The van der Waals surface area contributed by atoms with Gasteiger partial charge in [-0.05, 0) is 39.8 Å². The summed E-state index contributed by atoms with van der Waals surface area (Å²) in [6, 6.07) is 2.79. The van der Waals surface area contributed by atoms with E-state index in [1.54, 1.807) is 20.8 Å². The monoisotopic (exact) mass is 496 g/mol. The van der Waals surface area contributed by atoms with Crippen molar-refractivity contribution in [3.63, 3.8) is 0 Å². The van der Waals surface area contributed by atoms with Gasteiger partial charge in [-0.3, -0.25) is 4.79 Å². The molecule has 33 heavy (non-hydrogen) atoms. The second-order valence-corrected chi connectivity index (χ2v) is 10.9. The lowest BCUT2D eigenvalue weighted by Crippen LogP contribution is -2.46. The van der Waals surface area contributed by atoms with Crippen LogP contribution in [0.15, 0.2) is 24.5 Å². The fraction of sp³-hybridized carbons (Fsp3) is 0.429. The number of sulfonamides is 1. The number of hydrogen-bond acceptors (Lipinski definition) is 9. The number of carbonyl (C=O) groups excluding carboxylic acids is 1. The third kappa shape index (κ3) is 4.88. The Morgan fingerprint density at radius 2 is 1.94 bits per heavy atom. The number of halogens is 1. The van der Waals surface area contributed by atoms with E-state index >= 15 is 0 Å². The Bertz CT molecular complexity index is 1250. The zero-order valence-electron chi connectivity index (χ0n) is 18.9. The number of hydrogen-bond donors (Lipinski definition) is 0. The first kappa shape index (κ1) is 25.1. The summed E-state index contributed by atoms with van der Waals surface area (Å²) in [4.78, 5) is 22.2. The van der Waals surface area contributed by atoms with Gasteiger partial charge in [-0.25, -0.2) is 32.1 Å². The van der Waals surface area contributed by atoms with Crippen molar-refractivity contribution >= 4 is 38.0 Å². The van der Waals surface area contributed by atoms with E-state index < -0.39 is 20.8 Å². The molecule has 178 valence electrons. The van der Waals surface area contributed by atoms with Crippen LogP contribution in [0.3, 0.4) is 0 Å². The lowest BCUT2D eigenvalue weighted by molar-refractivity contribution is -0.115. The van der Waals surface area contributed by atoms with Crippen LogP contribution in [0.1, 0.15) is 31.6 Å². The highest BCUT2D eigenvalue weighted by atomic mass is 32.2. The molecule has 0 bridgehead atoms. The highest BCUT2D eigenvalue weighted by Crippen LogP contribution is 2.39. The van der Waals surface area contributed by atoms with Crippen LogP contribution in [-0.4, -0.2) is 60.5 Å². The highest BCUT2D eigenvalue weighted by Gasteiger charge is 2.47. The van der Waals surface area contributed by atoms with Crippen molar-refractivity contribution in [2.45, 2.75) is 38.7 Å². The van der Waals surface area contributed by atoms with Crippen LogP contribution >= 0.6 is 11.3 Å². The predicted molar refractivity (Wildman–Crippen MR) is 122 cm³/mol. The molecule has 1 amide bonds. The van der Waals surface area contributed by atoms with Gasteiger partial charge in [0.2, 0.25) is 11.3 Å². The third-order valence-corrected chi connectivity index (χ3v) is 8.61. The van der Waals surface area contributed by atoms with Gasteiger partial charge in [0, 0.05) is 30.6 Å². The topological polar surface area (TPSA) is 112 Å². The summed E-state index contributed by atoms with van der Waals surface area (Å²) in [5.74, 6) is 0.0308. The van der Waals surface area contributed by atoms with E-state index in [1.807, 2.05) is 0 Å². The van der Waals surface area contributed by atoms with Crippen LogP contribution < -0.4 is 0 Å². The SMILES string of the molecule is COC(C)(c1nc2cc(-c3cnc(C)nc3)c(F)cc2s1)S(=O)(=O)N(C=O)CCOC(C)C. The highest BCUT2D eigenvalue weighted by molar-refractivity contribution is 7.90. The fourth-order valence-corrected chi connectivity index (χ4v) is 5.82. The van der Waals surface area contributed by atoms with Crippen molar-refractivity contribution in [1.29, 1.82) is 0 Å². The zero-order chi connectivity index (χ0) is 24.4. The summed E-state index contributed by atoms with van der Waals surface area (Å²) in [5.41, 5.74) is 1.09. The number of benzene rings is 1. The van der Waals surface area contributed by atoms with Crippen LogP contribution in [0.5, 0.6) is 0 Å². The molecule has 9 nitrogen and oxygen atoms in total. The van der Waals surface area contributed by atoms with E-state index in [0.29, 0.717) is 25.9 Å². The molecule has 1 aromatic carbocycles. The molecule has 0 N–H and O–H groups in total. The number of ether oxygens (including phenoxy) is 2. The summed E-state index contributed by atoms with van der Waals surface area (Å²) in [7, 11) is -3.13. The number of aromatic nitrogens is 3. The third-order valence-electron chi connectivity index (χ3n) is 5.03. The Morgan fingerprint density at radius 3 is 2.52 bits per heavy atom. The second kappa shape index (κ2) is 9.75. The quantitative estimate of drug-likeness (QED) is 0.393. The molecule has 0 saturated heterocycles. The van der Waals surface area contributed by atoms with E-state index in [-0.39, 0.29) is 36.2 Å². The number of aryl methyl sites for hydroxylation is 1. The Balaban J connectivity index is 2.03. The van der Waals surface area contributed by atoms with Crippen LogP contribution in [-0.2, 0) is 29.2 Å². The lowest BCUT2D eigenvalue weighted by atomic mass is 10.1. The minimum atomic E-state index is -4.34. The number of methoxy groups -OCH3 is 1. The lowest BCUT2D eigenvalue weighted by Gasteiger charge is -2.30. The molecule has 1 unspecified atom stereocenters. The summed E-state index contributed by atoms with van der Waals surface area (Å²) < 4.78 is 53.3. The first-order valence-electron chi connectivity index (χ1n) is 10.1. The van der Waals surface area contributed by atoms with E-state index in [2.05, 4.69) is 15.0 Å². The number of fused-ring (bicyclic) bond motifs is 1. The number of rotatable bonds is 10. The molecular weight excluding hydrogens is 471 g/mol. The van der Waals surface area contributed by atoms with E-state index in [0.717, 1.165) is 11.3 Å². The molecule has 1 atom stereocenters. The number of amides is 1. The van der Waals surface area contributed by atoms with Gasteiger partial charge in [0.15, 0.2) is 0 Å². The van der Waals surface area contributed by atoms with E-state index in [9.17, 15) is 17.6 Å². The molecule has 12 heteroatoms. The molecule has 0 saturated carbocycles. The maximum atomic E-state index is 14.8. The first-order chi connectivity index (χ1) is 15.5. The van der Waals surface area contributed by atoms with Crippen LogP contribution in [0.4, 0.5) is 4.39 Å². The number of nitrogens with zero attached hydrogens (tertiary/aromatic N) is 4. The zero-order valence-corrected chi connectivity index (χ0v) is 20.5. The Hall–Kier alpha value is -2.54. The molecular formula is C21H25FN4O5S2. The maximum absolute atomic E-state index is 14.8. The molecule has 0 aliphatic rings. The van der Waals surface area contributed by atoms with Gasteiger partial charge < -0.3 is 9.47 Å². The molecule has 0 aliphatic carbocycles. The Morgan fingerprint density at radius 1 is 1.27 bits per heavy atom. The van der Waals surface area contributed by atoms with Crippen molar-refractivity contribution in [3.05, 3.63) is 41.2 Å². The van der Waals surface area contributed by atoms with Gasteiger partial charge in [-0.15, -0.1) is 11.3 Å². The molecule has 0 radical (unpaired) electrons. The molecule has 2 aromatic heterocycles. The summed E-state index contributed by atoms with van der Waals surface area (Å²) in [6.45, 7) is 6.49. The van der Waals surface area contributed by atoms with Crippen LogP contribution in [0, 0.1) is 12.7 Å². The van der Waals surface area contributed by atoms with Crippen LogP contribution in [0.2, 0.25) is 0 Å². The maximum Gasteiger partial charge on any atom is 0.273 e. The van der Waals surface area contributed by atoms with Gasteiger partial charge >= 0.3 is 0 Å². The molecule has 0 aliphatic heterocycles. The van der Waals surface area contributed by atoms with Crippen LogP contribution in [0.25, 0.3) is 21.3 Å². The van der Waals surface area contributed by atoms with Crippen molar-refractivity contribution in [2.24, 2.45) is 0 Å². The second-order valence-electron chi connectivity index (χ2n) is 7.63. The number of carbonyl (C=O) groups is 1. The average Bonchev–Trinajstić information content (AvgIpc) is 3.19. The molecule has 0 fully saturated rings. The first-order valence-corrected chi connectivity index (χ1v) is 12.3. The molecule has 0 spiro atoms. The summed E-state index contributed by atoms with van der Waals surface area (Å²) in [5, 5.41) is 0.0633. The molecule has 3 rings (SSSR count). The summed E-state index contributed by atoms with van der Waals surface area (Å²) in [6.07, 6.45) is 3.11. The van der Waals surface area contributed by atoms with Gasteiger partial charge in [0.25, 0.3) is 10.0 Å². The summed E-state index contributed by atoms with van der Waals surface area (Å²) >= 11 is 0.972. The van der Waals surface area contributed by atoms with Crippen molar-refractivity contribution in [1.82, 2.24) is 19.3 Å². The van der Waals surface area contributed by atoms with Gasteiger partial charge in [-0.1, -0.05) is 0 Å². The number of thiazole rings is 1. The van der Waals surface area contributed by atoms with Crippen molar-refractivity contribution in [3.8, 4) is 11.1 Å². The largest absolute Gasteiger partial charge is 0.377 e. The smallest absolute Gasteiger partial charge is 0.273 e. The standard InChI is InChI=1S/C21H25FN4O5S2/c1-13(2)31-7-6-26(12-27)33(28,29)21(4,30-5)20-25-18-8-16(17(22)9-19(18)32-20)15-10-23-14(3)24-11-15/h8-13H,6-7H2,1-5H3. The van der Waals surface area contributed by atoms with Crippen molar-refractivity contribution in [2.75, 3.05) is 20.3 Å². The van der Waals surface area contributed by atoms with Crippen molar-refractivity contribution < 1.29 is 27.1 Å². The van der Waals surface area contributed by atoms with E-state index in [1.165, 1.54) is 38.6 Å². The van der Waals surface area contributed by atoms with Gasteiger partial charge in [0.05, 0.1) is 29.5 Å². The fourth-order valence-electron chi connectivity index (χ4n) is 3.03. The Kier molecular flexibility index (Phi) is 7.42. The molecule has 2 heterocycles. The van der Waals surface area contributed by atoms with E-state index in [4.69, 9.17) is 9.47 Å². The minimum absolute atomic E-state index is 0.0302. The normalized spacial score (nSPS) is 13.9. The Labute approximate surface area is 195 Å². The van der Waals surface area contributed by atoms with Gasteiger partial charge in [-0.2, -0.15) is 0 Å². The predicted octanol–water partition coefficient (Wildman–Crippen LogP) is 3.23. The molecule has 3 aromatic rings. The average molecular weight is 497 g/mol.